The smallest absolute Gasteiger partial charge is 0.410 e. The van der Waals surface area contributed by atoms with Gasteiger partial charge in [-0.1, -0.05) is 35.5 Å². The summed E-state index contributed by atoms with van der Waals surface area (Å²) in [7, 11) is 2.08. The lowest BCUT2D eigenvalue weighted by Crippen LogP contribution is -2.44. The largest absolute Gasteiger partial charge is 0.466 e. The molecule has 1 amide bonds. The zero-order valence-electron chi connectivity index (χ0n) is 16.7. The van der Waals surface area contributed by atoms with E-state index in [4.69, 9.17) is 15.3 Å². The van der Waals surface area contributed by atoms with Gasteiger partial charge in [-0.3, -0.25) is 4.90 Å². The van der Waals surface area contributed by atoms with Crippen molar-refractivity contribution in [3.63, 3.8) is 0 Å². The Labute approximate surface area is 176 Å². The van der Waals surface area contributed by atoms with E-state index in [1.165, 1.54) is 0 Å². The molecule has 0 aromatic heterocycles. The molecule has 0 bridgehead atoms. The Morgan fingerprint density at radius 2 is 1.90 bits per heavy atom. The van der Waals surface area contributed by atoms with Crippen molar-refractivity contribution in [3.05, 3.63) is 47.7 Å². The van der Waals surface area contributed by atoms with Gasteiger partial charge in [0.1, 0.15) is 12.6 Å². The van der Waals surface area contributed by atoms with E-state index in [-0.39, 0.29) is 6.61 Å². The van der Waals surface area contributed by atoms with Gasteiger partial charge in [-0.15, -0.1) is 0 Å². The van der Waals surface area contributed by atoms with E-state index in [0.29, 0.717) is 16.5 Å². The Morgan fingerprint density at radius 3 is 2.52 bits per heavy atom. The van der Waals surface area contributed by atoms with Crippen molar-refractivity contribution in [2.75, 3.05) is 20.8 Å². The second-order valence-electron chi connectivity index (χ2n) is 6.37. The highest BCUT2D eigenvalue weighted by Crippen LogP contribution is 2.32. The molecule has 1 saturated heterocycles. The van der Waals surface area contributed by atoms with Crippen molar-refractivity contribution in [2.24, 2.45) is 10.9 Å². The number of hydrogen-bond donors (Lipinski definition) is 1. The lowest BCUT2D eigenvalue weighted by Gasteiger charge is -2.22. The summed E-state index contributed by atoms with van der Waals surface area (Å²) in [6.45, 7) is -1.07. The molecule has 1 aliphatic rings. The molecule has 1 aromatic rings. The van der Waals surface area contributed by atoms with Crippen molar-refractivity contribution in [1.82, 2.24) is 4.90 Å². The fraction of sp³-hybridized carbons (Fsp3) is 0.368. The number of hydrogen-bond acceptors (Lipinski definition) is 8. The molecule has 1 atom stereocenters. The van der Waals surface area contributed by atoms with Crippen LogP contribution in [0.3, 0.4) is 0 Å². The fourth-order valence-corrected chi connectivity index (χ4v) is 2.63. The van der Waals surface area contributed by atoms with E-state index in [2.05, 4.69) is 14.6 Å². The van der Waals surface area contributed by atoms with Crippen LogP contribution in [0.4, 0.5) is 13.6 Å². The molecule has 10 nitrogen and oxygen atoms in total. The number of methoxy groups -OCH3 is 2. The van der Waals surface area contributed by atoms with Crippen LogP contribution in [0.25, 0.3) is 0 Å². The van der Waals surface area contributed by atoms with E-state index in [0.717, 1.165) is 14.2 Å². The fourth-order valence-electron chi connectivity index (χ4n) is 2.63. The number of amidine groups is 1. The maximum Gasteiger partial charge on any atom is 0.410 e. The molecule has 168 valence electrons. The number of carbonyl (C=O) groups is 3. The van der Waals surface area contributed by atoms with E-state index < -0.39 is 54.6 Å². The van der Waals surface area contributed by atoms with Crippen LogP contribution in [-0.4, -0.2) is 61.5 Å². The molecule has 2 N–H and O–H groups in total. The van der Waals surface area contributed by atoms with E-state index in [1.807, 2.05) is 0 Å². The van der Waals surface area contributed by atoms with Gasteiger partial charge in [-0.05, 0) is 5.56 Å². The number of nitrogens with zero attached hydrogens (tertiary/aromatic N) is 2. The number of carbonyl (C=O) groups excluding carboxylic acids is 3. The van der Waals surface area contributed by atoms with Crippen molar-refractivity contribution in [1.29, 1.82) is 0 Å². The Morgan fingerprint density at radius 1 is 1.23 bits per heavy atom. The first-order valence-corrected chi connectivity index (χ1v) is 8.90. The van der Waals surface area contributed by atoms with E-state index in [9.17, 15) is 23.2 Å². The average molecular weight is 441 g/mol. The normalized spacial score (nSPS) is 18.3. The third-order valence-electron chi connectivity index (χ3n) is 4.14. The predicted octanol–water partition coefficient (Wildman–Crippen LogP) is 1.55. The summed E-state index contributed by atoms with van der Waals surface area (Å²) in [6, 6.07) is 7.29. The molecule has 0 spiro atoms. The maximum absolute atomic E-state index is 14.0. The van der Waals surface area contributed by atoms with Crippen LogP contribution in [0.2, 0.25) is 0 Å². The van der Waals surface area contributed by atoms with Crippen LogP contribution in [0.5, 0.6) is 0 Å². The lowest BCUT2D eigenvalue weighted by atomic mass is 10.2. The van der Waals surface area contributed by atoms with Crippen LogP contribution in [0.1, 0.15) is 12.0 Å². The highest BCUT2D eigenvalue weighted by molar-refractivity contribution is 5.95. The van der Waals surface area contributed by atoms with Gasteiger partial charge >= 0.3 is 18.0 Å². The van der Waals surface area contributed by atoms with Crippen LogP contribution in [0, 0.1) is 0 Å². The summed E-state index contributed by atoms with van der Waals surface area (Å²) in [5.41, 5.74) is 6.40. The summed E-state index contributed by atoms with van der Waals surface area (Å²) >= 11 is 0. The summed E-state index contributed by atoms with van der Waals surface area (Å²) in [5.74, 6) is -6.51. The highest BCUT2D eigenvalue weighted by Gasteiger charge is 2.49. The number of likely N-dealkylation sites (tertiary alicyclic amines) is 1. The van der Waals surface area contributed by atoms with Gasteiger partial charge in [0.15, 0.2) is 5.84 Å². The van der Waals surface area contributed by atoms with Crippen molar-refractivity contribution >= 4 is 23.9 Å². The molecule has 1 aliphatic heterocycles. The molecule has 0 aliphatic carbocycles. The minimum Gasteiger partial charge on any atom is -0.466 e. The summed E-state index contributed by atoms with van der Waals surface area (Å²) in [5, 5.41) is 3.41. The van der Waals surface area contributed by atoms with Gasteiger partial charge < -0.3 is 24.8 Å². The quantitative estimate of drug-likeness (QED) is 0.128. The molecule has 0 unspecified atom stereocenters. The number of esters is 2. The third kappa shape index (κ3) is 6.66. The van der Waals surface area contributed by atoms with Gasteiger partial charge in [0.05, 0.1) is 26.8 Å². The number of rotatable bonds is 7. The zero-order valence-corrected chi connectivity index (χ0v) is 16.7. The number of alkyl halides is 2. The molecular formula is C19H21F2N3O7. The first-order valence-electron chi connectivity index (χ1n) is 8.90. The van der Waals surface area contributed by atoms with Gasteiger partial charge in [-0.25, -0.2) is 23.2 Å². The second kappa shape index (κ2) is 10.4. The van der Waals surface area contributed by atoms with Gasteiger partial charge in [0.25, 0.3) is 5.92 Å². The molecule has 0 saturated carbocycles. The lowest BCUT2D eigenvalue weighted by molar-refractivity contribution is -0.142. The van der Waals surface area contributed by atoms with Crippen LogP contribution < -0.4 is 5.73 Å². The number of ether oxygens (including phenoxy) is 3. The Balaban J connectivity index is 2.14. The number of oxime groups is 1. The SMILES string of the molecule is COC(=O)C=C(ON=C(N)[C@@H]1CC(F)(F)CN1C(=O)OCc1ccccc1)C(=O)OC. The van der Waals surface area contributed by atoms with Crippen LogP contribution in [0.15, 0.2) is 47.3 Å². The summed E-state index contributed by atoms with van der Waals surface area (Å²) in [6.07, 6.45) is -1.22. The molecule has 12 heteroatoms. The number of halogens is 2. The number of amides is 1. The molecule has 2 rings (SSSR count). The monoisotopic (exact) mass is 441 g/mol. The Kier molecular flexibility index (Phi) is 7.88. The zero-order chi connectivity index (χ0) is 23.0. The first kappa shape index (κ1) is 23.6. The van der Waals surface area contributed by atoms with Crippen molar-refractivity contribution < 1.29 is 42.2 Å². The maximum atomic E-state index is 14.0. The first-order chi connectivity index (χ1) is 14.7. The van der Waals surface area contributed by atoms with Crippen LogP contribution >= 0.6 is 0 Å². The standard InChI is InChI=1S/C19H21F2N3O7/c1-28-15(25)8-14(17(26)29-2)31-23-16(22)13-9-19(20,21)11-24(13)18(27)30-10-12-6-4-3-5-7-12/h3-8,13H,9-11H2,1-2H3,(H2,22,23)/t13-/m0/s1. The Bertz CT molecular complexity index is 875. The second-order valence-corrected chi connectivity index (χ2v) is 6.37. The highest BCUT2D eigenvalue weighted by atomic mass is 19.3. The van der Waals surface area contributed by atoms with Gasteiger partial charge in [0.2, 0.25) is 5.76 Å². The molecule has 1 heterocycles. The minimum absolute atomic E-state index is 0.129. The van der Waals surface area contributed by atoms with Gasteiger partial charge in [-0.2, -0.15) is 0 Å². The van der Waals surface area contributed by atoms with Crippen molar-refractivity contribution in [2.45, 2.75) is 25.0 Å². The topological polar surface area (TPSA) is 130 Å². The van der Waals surface area contributed by atoms with Crippen LogP contribution in [-0.2, 0) is 35.2 Å². The molecule has 31 heavy (non-hydrogen) atoms. The number of benzene rings is 1. The molecular weight excluding hydrogens is 420 g/mol. The van der Waals surface area contributed by atoms with E-state index >= 15 is 0 Å². The summed E-state index contributed by atoms with van der Waals surface area (Å²) in [4.78, 5) is 40.9. The minimum atomic E-state index is -3.25. The summed E-state index contributed by atoms with van der Waals surface area (Å²) < 4.78 is 41.8. The average Bonchev–Trinajstić information content (AvgIpc) is 3.10. The van der Waals surface area contributed by atoms with Crippen molar-refractivity contribution in [3.8, 4) is 0 Å². The predicted molar refractivity (Wildman–Crippen MR) is 102 cm³/mol. The van der Waals surface area contributed by atoms with Gasteiger partial charge in [0, 0.05) is 6.42 Å². The number of nitrogens with two attached hydrogens (primary N) is 1. The van der Waals surface area contributed by atoms with E-state index in [1.54, 1.807) is 30.3 Å². The molecule has 0 radical (unpaired) electrons. The third-order valence-corrected chi connectivity index (χ3v) is 4.14. The molecule has 1 aromatic carbocycles. The Hall–Kier alpha value is -3.70. The molecule has 1 fully saturated rings.